The van der Waals surface area contributed by atoms with Crippen molar-refractivity contribution in [2.24, 2.45) is 0 Å². The highest BCUT2D eigenvalue weighted by Crippen LogP contribution is 2.28. The molecular formula is C26H32BrClN2O4. The number of nitrogens with zero attached hydrogens (tertiary/aromatic N) is 1. The predicted octanol–water partition coefficient (Wildman–Crippen LogP) is 5.75. The molecule has 6 nitrogen and oxygen atoms in total. The molecule has 1 aliphatic rings. The van der Waals surface area contributed by atoms with Crippen LogP contribution in [0.25, 0.3) is 0 Å². The van der Waals surface area contributed by atoms with Crippen LogP contribution in [0.3, 0.4) is 0 Å². The van der Waals surface area contributed by atoms with Crippen LogP contribution in [0.5, 0.6) is 11.5 Å². The van der Waals surface area contributed by atoms with Gasteiger partial charge in [0.05, 0.1) is 11.6 Å². The van der Waals surface area contributed by atoms with Crippen molar-refractivity contribution in [3.05, 3.63) is 57.5 Å². The van der Waals surface area contributed by atoms with Gasteiger partial charge in [-0.05, 0) is 71.1 Å². The van der Waals surface area contributed by atoms with Crippen LogP contribution in [0.1, 0.15) is 51.0 Å². The van der Waals surface area contributed by atoms with E-state index in [1.807, 2.05) is 31.2 Å². The molecule has 0 aliphatic heterocycles. The van der Waals surface area contributed by atoms with Crippen molar-refractivity contribution in [3.8, 4) is 11.5 Å². The predicted molar refractivity (Wildman–Crippen MR) is 137 cm³/mol. The molecular weight excluding hydrogens is 520 g/mol. The fourth-order valence-corrected chi connectivity index (χ4v) is 5.00. The van der Waals surface area contributed by atoms with Crippen molar-refractivity contribution in [2.45, 2.75) is 64.1 Å². The van der Waals surface area contributed by atoms with Crippen LogP contribution >= 0.6 is 27.5 Å². The summed E-state index contributed by atoms with van der Waals surface area (Å²) in [4.78, 5) is 28.2. The average Bonchev–Trinajstić information content (AvgIpc) is 2.84. The van der Waals surface area contributed by atoms with Crippen LogP contribution in [0.4, 0.5) is 0 Å². The first-order valence-corrected chi connectivity index (χ1v) is 12.9. The lowest BCUT2D eigenvalue weighted by atomic mass is 9.95. The Labute approximate surface area is 215 Å². The van der Waals surface area contributed by atoms with E-state index in [1.165, 1.54) is 6.42 Å². The fourth-order valence-electron chi connectivity index (χ4n) is 4.21. The molecule has 184 valence electrons. The number of methoxy groups -OCH3 is 1. The van der Waals surface area contributed by atoms with E-state index in [9.17, 15) is 9.59 Å². The molecule has 1 saturated carbocycles. The maximum absolute atomic E-state index is 13.4. The zero-order valence-corrected chi connectivity index (χ0v) is 22.0. The molecule has 0 saturated heterocycles. The lowest BCUT2D eigenvalue weighted by Crippen LogP contribution is -2.52. The van der Waals surface area contributed by atoms with E-state index in [2.05, 4.69) is 21.2 Å². The molecule has 34 heavy (non-hydrogen) atoms. The quantitative estimate of drug-likeness (QED) is 0.408. The summed E-state index contributed by atoms with van der Waals surface area (Å²) in [7, 11) is 1.61. The van der Waals surface area contributed by atoms with Gasteiger partial charge in [-0.3, -0.25) is 9.59 Å². The van der Waals surface area contributed by atoms with Crippen molar-refractivity contribution in [1.82, 2.24) is 10.2 Å². The first kappa shape index (κ1) is 26.4. The minimum absolute atomic E-state index is 0.107. The highest BCUT2D eigenvalue weighted by molar-refractivity contribution is 9.10. The first-order chi connectivity index (χ1) is 16.4. The molecule has 1 N–H and O–H groups in total. The summed E-state index contributed by atoms with van der Waals surface area (Å²) in [6.45, 7) is 2.03. The summed E-state index contributed by atoms with van der Waals surface area (Å²) in [6, 6.07) is 12.2. The first-order valence-electron chi connectivity index (χ1n) is 11.7. The molecule has 0 radical (unpaired) electrons. The van der Waals surface area contributed by atoms with Gasteiger partial charge in [0.2, 0.25) is 5.91 Å². The lowest BCUT2D eigenvalue weighted by molar-refractivity contribution is -0.143. The van der Waals surface area contributed by atoms with Crippen LogP contribution < -0.4 is 14.8 Å². The van der Waals surface area contributed by atoms with Gasteiger partial charge in [-0.15, -0.1) is 0 Å². The smallest absolute Gasteiger partial charge is 0.261 e. The Hall–Kier alpha value is -2.25. The van der Waals surface area contributed by atoms with Gasteiger partial charge in [-0.2, -0.15) is 0 Å². The number of rotatable bonds is 10. The number of carbonyl (C=O) groups excluding carboxylic acids is 2. The summed E-state index contributed by atoms with van der Waals surface area (Å²) < 4.78 is 11.7. The topological polar surface area (TPSA) is 67.9 Å². The SMILES string of the molecule is CC[C@@H](C(=O)NC1CCCCC1)N(Cc1ccc(OC)cc1)C(=O)COc1ccc(Cl)cc1Br. The lowest BCUT2D eigenvalue weighted by Gasteiger charge is -2.32. The molecule has 0 heterocycles. The molecule has 2 amide bonds. The summed E-state index contributed by atoms with van der Waals surface area (Å²) in [6.07, 6.45) is 5.94. The molecule has 0 spiro atoms. The highest BCUT2D eigenvalue weighted by Gasteiger charge is 2.30. The number of hydrogen-bond donors (Lipinski definition) is 1. The fraction of sp³-hybridized carbons (Fsp3) is 0.462. The van der Waals surface area contributed by atoms with Gasteiger partial charge in [0, 0.05) is 17.6 Å². The number of ether oxygens (including phenoxy) is 2. The minimum Gasteiger partial charge on any atom is -0.497 e. The third-order valence-corrected chi connectivity index (χ3v) is 6.95. The minimum atomic E-state index is -0.589. The molecule has 1 atom stereocenters. The van der Waals surface area contributed by atoms with Gasteiger partial charge >= 0.3 is 0 Å². The van der Waals surface area contributed by atoms with Crippen molar-refractivity contribution in [1.29, 1.82) is 0 Å². The maximum Gasteiger partial charge on any atom is 0.261 e. The highest BCUT2D eigenvalue weighted by atomic mass is 79.9. The van der Waals surface area contributed by atoms with Crippen LogP contribution in [0.15, 0.2) is 46.9 Å². The van der Waals surface area contributed by atoms with Crippen LogP contribution in [0.2, 0.25) is 5.02 Å². The summed E-state index contributed by atoms with van der Waals surface area (Å²) in [5.74, 6) is 0.883. The zero-order valence-electron chi connectivity index (χ0n) is 19.7. The largest absolute Gasteiger partial charge is 0.497 e. The van der Waals surface area contributed by atoms with Crippen LogP contribution in [-0.2, 0) is 16.1 Å². The molecule has 2 aromatic rings. The van der Waals surface area contributed by atoms with Gasteiger partial charge in [-0.25, -0.2) is 0 Å². The van der Waals surface area contributed by atoms with E-state index in [4.69, 9.17) is 21.1 Å². The molecule has 0 bridgehead atoms. The Morgan fingerprint density at radius 2 is 1.85 bits per heavy atom. The average molecular weight is 552 g/mol. The molecule has 1 aliphatic carbocycles. The van der Waals surface area contributed by atoms with Crippen molar-refractivity contribution < 1.29 is 19.1 Å². The van der Waals surface area contributed by atoms with Crippen molar-refractivity contribution in [3.63, 3.8) is 0 Å². The van der Waals surface area contributed by atoms with E-state index in [0.717, 1.165) is 37.0 Å². The number of amides is 2. The molecule has 2 aromatic carbocycles. The number of halogens is 2. The van der Waals surface area contributed by atoms with Gasteiger partial charge in [0.1, 0.15) is 17.5 Å². The second-order valence-corrected chi connectivity index (χ2v) is 9.79. The van der Waals surface area contributed by atoms with Gasteiger partial charge in [-0.1, -0.05) is 49.9 Å². The Morgan fingerprint density at radius 1 is 1.15 bits per heavy atom. The van der Waals surface area contributed by atoms with Gasteiger partial charge in [0.25, 0.3) is 5.91 Å². The Kier molecular flexibility index (Phi) is 10.1. The Balaban J connectivity index is 1.77. The number of carbonyl (C=O) groups is 2. The normalized spacial score (nSPS) is 14.8. The summed E-state index contributed by atoms with van der Waals surface area (Å²) >= 11 is 9.42. The zero-order chi connectivity index (χ0) is 24.5. The van der Waals surface area contributed by atoms with Crippen molar-refractivity contribution >= 4 is 39.3 Å². The molecule has 0 unspecified atom stereocenters. The number of benzene rings is 2. The maximum atomic E-state index is 13.4. The van der Waals surface area contributed by atoms with Crippen LogP contribution in [0, 0.1) is 0 Å². The van der Waals surface area contributed by atoms with E-state index in [-0.39, 0.29) is 24.5 Å². The third kappa shape index (κ3) is 7.37. The van der Waals surface area contributed by atoms with Gasteiger partial charge < -0.3 is 19.7 Å². The van der Waals surface area contributed by atoms with Crippen molar-refractivity contribution in [2.75, 3.05) is 13.7 Å². The third-order valence-electron chi connectivity index (χ3n) is 6.09. The molecule has 8 heteroatoms. The van der Waals surface area contributed by atoms with E-state index >= 15 is 0 Å². The standard InChI is InChI=1S/C26H32BrClN2O4/c1-3-23(26(32)29-20-7-5-4-6-8-20)30(16-18-9-12-21(33-2)13-10-18)25(31)17-34-24-14-11-19(28)15-22(24)27/h9-15,20,23H,3-8,16-17H2,1-2H3,(H,29,32)/t23-/m0/s1. The monoisotopic (exact) mass is 550 g/mol. The second kappa shape index (κ2) is 13.0. The molecule has 0 aromatic heterocycles. The second-order valence-electron chi connectivity index (χ2n) is 8.50. The number of hydrogen-bond acceptors (Lipinski definition) is 4. The Morgan fingerprint density at radius 3 is 2.47 bits per heavy atom. The summed E-state index contributed by atoms with van der Waals surface area (Å²) in [5.41, 5.74) is 0.908. The van der Waals surface area contributed by atoms with E-state index < -0.39 is 6.04 Å². The summed E-state index contributed by atoms with van der Waals surface area (Å²) in [5, 5.41) is 3.75. The van der Waals surface area contributed by atoms with E-state index in [1.54, 1.807) is 30.2 Å². The van der Waals surface area contributed by atoms with Gasteiger partial charge in [0.15, 0.2) is 6.61 Å². The molecule has 3 rings (SSSR count). The van der Waals surface area contributed by atoms with E-state index in [0.29, 0.717) is 28.2 Å². The number of nitrogens with one attached hydrogen (secondary N) is 1. The Bertz CT molecular complexity index is 964. The molecule has 1 fully saturated rings. The van der Waals surface area contributed by atoms with Crippen LogP contribution in [-0.4, -0.2) is 42.5 Å².